The number of ketones is 1. The van der Waals surface area contributed by atoms with E-state index >= 15 is 0 Å². The number of Topliss-reactive ketones (excluding diaryl/α,β-unsaturated/α-hetero) is 1. The first-order chi connectivity index (χ1) is 14.7. The van der Waals surface area contributed by atoms with Crippen LogP contribution in [0.5, 0.6) is 0 Å². The third-order valence-electron chi connectivity index (χ3n) is 5.63. The van der Waals surface area contributed by atoms with E-state index in [9.17, 15) is 13.2 Å². The molecule has 10 heteroatoms. The number of thioether (sulfide) groups is 1. The van der Waals surface area contributed by atoms with Gasteiger partial charge in [0, 0.05) is 40.6 Å². The minimum absolute atomic E-state index is 0.0127. The second-order valence-electron chi connectivity index (χ2n) is 7.80. The highest BCUT2D eigenvalue weighted by atomic mass is 35.5. The van der Waals surface area contributed by atoms with Gasteiger partial charge in [-0.2, -0.15) is 0 Å². The topological polar surface area (TPSA) is 86.8 Å². The van der Waals surface area contributed by atoms with Crippen LogP contribution in [0.15, 0.2) is 35.5 Å². The largest absolute Gasteiger partial charge is 0.344 e. The molecule has 1 aromatic carbocycles. The van der Waals surface area contributed by atoms with Gasteiger partial charge in [-0.1, -0.05) is 23.4 Å². The Labute approximate surface area is 190 Å². The lowest BCUT2D eigenvalue weighted by Crippen LogP contribution is -2.14. The van der Waals surface area contributed by atoms with E-state index in [2.05, 4.69) is 10.2 Å². The van der Waals surface area contributed by atoms with E-state index < -0.39 is 9.84 Å². The number of aryl methyl sites for hydroxylation is 1. The summed E-state index contributed by atoms with van der Waals surface area (Å²) >= 11 is 7.28. The monoisotopic (exact) mass is 478 g/mol. The Balaban J connectivity index is 1.49. The van der Waals surface area contributed by atoms with Crippen LogP contribution in [0.1, 0.15) is 34.2 Å². The highest BCUT2D eigenvalue weighted by Gasteiger charge is 2.31. The molecule has 7 nitrogen and oxygen atoms in total. The van der Waals surface area contributed by atoms with Crippen molar-refractivity contribution in [2.75, 3.05) is 17.3 Å². The molecule has 0 amide bonds. The van der Waals surface area contributed by atoms with Crippen molar-refractivity contribution in [1.29, 1.82) is 0 Å². The fraction of sp³-hybridized carbons (Fsp3) is 0.381. The summed E-state index contributed by atoms with van der Waals surface area (Å²) in [7, 11) is -1.13. The van der Waals surface area contributed by atoms with E-state index in [1.54, 1.807) is 12.1 Å². The highest BCUT2D eigenvalue weighted by molar-refractivity contribution is 7.99. The van der Waals surface area contributed by atoms with Gasteiger partial charge in [0.25, 0.3) is 0 Å². The average Bonchev–Trinajstić information content (AvgIpc) is 3.35. The summed E-state index contributed by atoms with van der Waals surface area (Å²) in [5.74, 6) is 1.25. The van der Waals surface area contributed by atoms with E-state index in [1.807, 2.05) is 48.2 Å². The summed E-state index contributed by atoms with van der Waals surface area (Å²) in [4.78, 5) is 12.9. The molecule has 0 N–H and O–H groups in total. The van der Waals surface area contributed by atoms with E-state index in [1.165, 1.54) is 11.8 Å². The van der Waals surface area contributed by atoms with E-state index in [0.29, 0.717) is 28.0 Å². The molecular weight excluding hydrogens is 456 g/mol. The van der Waals surface area contributed by atoms with Crippen molar-refractivity contribution in [2.24, 2.45) is 7.05 Å². The molecule has 164 valence electrons. The first-order valence-corrected chi connectivity index (χ1v) is 13.0. The summed E-state index contributed by atoms with van der Waals surface area (Å²) < 4.78 is 27.6. The zero-order valence-electron chi connectivity index (χ0n) is 17.5. The predicted octanol–water partition coefficient (Wildman–Crippen LogP) is 3.89. The van der Waals surface area contributed by atoms with Gasteiger partial charge in [0.1, 0.15) is 0 Å². The summed E-state index contributed by atoms with van der Waals surface area (Å²) in [6.07, 6.45) is 0.591. The molecule has 1 saturated heterocycles. The molecule has 3 aromatic rings. The summed E-state index contributed by atoms with van der Waals surface area (Å²) in [5.41, 5.74) is 3.27. The van der Waals surface area contributed by atoms with Gasteiger partial charge >= 0.3 is 0 Å². The second-order valence-corrected chi connectivity index (χ2v) is 11.4. The van der Waals surface area contributed by atoms with Crippen LogP contribution in [0.3, 0.4) is 0 Å². The van der Waals surface area contributed by atoms with Crippen LogP contribution in [-0.4, -0.2) is 50.8 Å². The molecule has 1 aliphatic rings. The van der Waals surface area contributed by atoms with Crippen molar-refractivity contribution < 1.29 is 13.2 Å². The molecule has 1 atom stereocenters. The van der Waals surface area contributed by atoms with Crippen LogP contribution in [-0.2, 0) is 16.9 Å². The van der Waals surface area contributed by atoms with Crippen LogP contribution >= 0.6 is 23.4 Å². The number of sulfone groups is 1. The number of aromatic nitrogens is 4. The zero-order valence-corrected chi connectivity index (χ0v) is 19.9. The number of benzene rings is 1. The third kappa shape index (κ3) is 4.44. The van der Waals surface area contributed by atoms with Gasteiger partial charge in [-0.3, -0.25) is 4.79 Å². The molecule has 4 rings (SSSR count). The van der Waals surface area contributed by atoms with Crippen molar-refractivity contribution in [1.82, 2.24) is 19.3 Å². The normalized spacial score (nSPS) is 17.9. The summed E-state index contributed by atoms with van der Waals surface area (Å²) in [6, 6.07) is 9.12. The minimum atomic E-state index is -3.00. The van der Waals surface area contributed by atoms with Gasteiger partial charge in [-0.05, 0) is 50.6 Å². The Morgan fingerprint density at radius 1 is 1.23 bits per heavy atom. The lowest BCUT2D eigenvalue weighted by Gasteiger charge is -2.16. The quantitative estimate of drug-likeness (QED) is 0.394. The fourth-order valence-electron chi connectivity index (χ4n) is 4.10. The summed E-state index contributed by atoms with van der Waals surface area (Å²) in [5, 5.41) is 9.77. The molecule has 0 bridgehead atoms. The maximum atomic E-state index is 12.9. The molecule has 0 spiro atoms. The highest BCUT2D eigenvalue weighted by Crippen LogP contribution is 2.30. The van der Waals surface area contributed by atoms with Gasteiger partial charge in [0.2, 0.25) is 0 Å². The molecule has 31 heavy (non-hydrogen) atoms. The Kier molecular flexibility index (Phi) is 6.02. The molecule has 1 unspecified atom stereocenters. The van der Waals surface area contributed by atoms with Crippen molar-refractivity contribution in [3.63, 3.8) is 0 Å². The van der Waals surface area contributed by atoms with Crippen molar-refractivity contribution >= 4 is 39.0 Å². The van der Waals surface area contributed by atoms with Gasteiger partial charge < -0.3 is 9.13 Å². The molecule has 3 heterocycles. The van der Waals surface area contributed by atoms with Crippen molar-refractivity contribution in [2.45, 2.75) is 31.5 Å². The van der Waals surface area contributed by atoms with Gasteiger partial charge in [0.15, 0.2) is 26.6 Å². The van der Waals surface area contributed by atoms with Crippen molar-refractivity contribution in [3.8, 4) is 11.4 Å². The molecule has 0 saturated carbocycles. The number of nitrogens with zero attached hydrogens (tertiary/aromatic N) is 4. The Bertz CT molecular complexity index is 1250. The van der Waals surface area contributed by atoms with Crippen LogP contribution in [0, 0.1) is 13.8 Å². The van der Waals surface area contributed by atoms with E-state index in [-0.39, 0.29) is 29.1 Å². The third-order valence-corrected chi connectivity index (χ3v) is 8.65. The van der Waals surface area contributed by atoms with Gasteiger partial charge in [-0.15, -0.1) is 10.2 Å². The zero-order chi connectivity index (χ0) is 22.3. The maximum Gasteiger partial charge on any atom is 0.191 e. The molecule has 2 aromatic heterocycles. The Morgan fingerprint density at radius 3 is 2.58 bits per heavy atom. The summed E-state index contributed by atoms with van der Waals surface area (Å²) in [6.45, 7) is 3.81. The predicted molar refractivity (Wildman–Crippen MR) is 123 cm³/mol. The Hall–Kier alpha value is -2.10. The van der Waals surface area contributed by atoms with Crippen LogP contribution < -0.4 is 0 Å². The molecule has 1 aliphatic heterocycles. The van der Waals surface area contributed by atoms with Crippen LogP contribution in [0.2, 0.25) is 5.02 Å². The van der Waals surface area contributed by atoms with Gasteiger partial charge in [-0.25, -0.2) is 8.42 Å². The number of rotatable bonds is 6. The minimum Gasteiger partial charge on any atom is -0.344 e. The Morgan fingerprint density at radius 2 is 1.94 bits per heavy atom. The molecule has 0 aliphatic carbocycles. The number of halogens is 1. The van der Waals surface area contributed by atoms with Crippen LogP contribution in [0.4, 0.5) is 0 Å². The lowest BCUT2D eigenvalue weighted by atomic mass is 10.2. The van der Waals surface area contributed by atoms with Crippen LogP contribution in [0.25, 0.3) is 11.4 Å². The maximum absolute atomic E-state index is 12.9. The lowest BCUT2D eigenvalue weighted by molar-refractivity contribution is 0.102. The number of hydrogen-bond donors (Lipinski definition) is 0. The molecule has 1 fully saturated rings. The van der Waals surface area contributed by atoms with E-state index in [0.717, 1.165) is 17.0 Å². The number of carbonyl (C=O) groups is 1. The smallest absolute Gasteiger partial charge is 0.191 e. The standard InChI is InChI=1S/C21H23ClN4O3S2/c1-13-10-18(14(2)26(13)17-8-9-31(28,29)12-17)19(27)11-30-21-24-23-20(25(21)3)15-4-6-16(22)7-5-15/h4-7,10,17H,8-9,11-12H2,1-3H3. The van der Waals surface area contributed by atoms with E-state index in [4.69, 9.17) is 11.6 Å². The van der Waals surface area contributed by atoms with Crippen molar-refractivity contribution in [3.05, 3.63) is 52.3 Å². The first kappa shape index (κ1) is 22.1. The SMILES string of the molecule is Cc1cc(C(=O)CSc2nnc(-c3ccc(Cl)cc3)n2C)c(C)n1C1CCS(=O)(=O)C1. The molecule has 0 radical (unpaired) electrons. The average molecular weight is 479 g/mol. The number of carbonyl (C=O) groups excluding carboxylic acids is 1. The fourth-order valence-corrected chi connectivity index (χ4v) is 6.72. The first-order valence-electron chi connectivity index (χ1n) is 9.86. The molecular formula is C21H23ClN4O3S2. The number of hydrogen-bond acceptors (Lipinski definition) is 6. The second kappa shape index (κ2) is 8.44. The van der Waals surface area contributed by atoms with Gasteiger partial charge in [0.05, 0.1) is 17.3 Å².